The molecule has 2 amide bonds. The molecule has 0 bridgehead atoms. The van der Waals surface area contributed by atoms with Crippen LogP contribution in [0.1, 0.15) is 35.3 Å². The third-order valence-corrected chi connectivity index (χ3v) is 4.72. The van der Waals surface area contributed by atoms with Crippen LogP contribution < -0.4 is 10.6 Å². The average Bonchev–Trinajstić information content (AvgIpc) is 2.63. The van der Waals surface area contributed by atoms with Crippen LogP contribution in [-0.2, 0) is 17.5 Å². The molecule has 0 saturated heterocycles. The monoisotopic (exact) mass is 410 g/mol. The number of halogens is 3. The number of amides is 2. The molecule has 0 aliphatic rings. The molecule has 0 atom stereocenters. The van der Waals surface area contributed by atoms with Crippen LogP contribution in [0.25, 0.3) is 0 Å². The SMILES string of the molecule is CC(C)NC(=O)CSc1ccccc1C(=O)NCc1cccc(C(F)(F)F)c1. The van der Waals surface area contributed by atoms with Crippen LogP contribution >= 0.6 is 11.8 Å². The van der Waals surface area contributed by atoms with Gasteiger partial charge < -0.3 is 10.6 Å². The van der Waals surface area contributed by atoms with Gasteiger partial charge in [-0.2, -0.15) is 13.2 Å². The first-order chi connectivity index (χ1) is 13.2. The Morgan fingerprint density at radius 2 is 1.79 bits per heavy atom. The van der Waals surface area contributed by atoms with E-state index in [1.165, 1.54) is 23.9 Å². The third kappa shape index (κ3) is 6.60. The largest absolute Gasteiger partial charge is 0.416 e. The van der Waals surface area contributed by atoms with Crippen LogP contribution in [0.2, 0.25) is 0 Å². The van der Waals surface area contributed by atoms with Crippen molar-refractivity contribution in [2.75, 3.05) is 5.75 Å². The fourth-order valence-electron chi connectivity index (χ4n) is 2.42. The molecule has 2 N–H and O–H groups in total. The maximum absolute atomic E-state index is 12.8. The van der Waals surface area contributed by atoms with E-state index >= 15 is 0 Å². The van der Waals surface area contributed by atoms with Gasteiger partial charge in [0.1, 0.15) is 0 Å². The number of hydrogen-bond donors (Lipinski definition) is 2. The lowest BCUT2D eigenvalue weighted by molar-refractivity contribution is -0.137. The predicted molar refractivity (Wildman–Crippen MR) is 103 cm³/mol. The highest BCUT2D eigenvalue weighted by molar-refractivity contribution is 8.00. The maximum Gasteiger partial charge on any atom is 0.416 e. The summed E-state index contributed by atoms with van der Waals surface area (Å²) in [4.78, 5) is 24.9. The number of nitrogens with one attached hydrogen (secondary N) is 2. The molecule has 0 unspecified atom stereocenters. The van der Waals surface area contributed by atoms with Gasteiger partial charge in [-0.1, -0.05) is 24.3 Å². The van der Waals surface area contributed by atoms with E-state index in [-0.39, 0.29) is 24.2 Å². The first kappa shape index (κ1) is 21.8. The van der Waals surface area contributed by atoms with Gasteiger partial charge in [0, 0.05) is 17.5 Å². The Morgan fingerprint density at radius 1 is 1.07 bits per heavy atom. The Labute approximate surface area is 165 Å². The Bertz CT molecular complexity index is 838. The van der Waals surface area contributed by atoms with Crippen LogP contribution in [0.3, 0.4) is 0 Å². The third-order valence-electron chi connectivity index (χ3n) is 3.65. The van der Waals surface area contributed by atoms with E-state index in [0.29, 0.717) is 16.0 Å². The van der Waals surface area contributed by atoms with E-state index in [9.17, 15) is 22.8 Å². The fraction of sp³-hybridized carbons (Fsp3) is 0.300. The number of alkyl halides is 3. The van der Waals surface area contributed by atoms with Gasteiger partial charge in [-0.3, -0.25) is 9.59 Å². The normalized spacial score (nSPS) is 11.4. The molecule has 8 heteroatoms. The maximum atomic E-state index is 12.8. The van der Waals surface area contributed by atoms with Crippen molar-refractivity contribution in [3.05, 3.63) is 65.2 Å². The van der Waals surface area contributed by atoms with Crippen LogP contribution in [0.5, 0.6) is 0 Å². The number of benzene rings is 2. The highest BCUT2D eigenvalue weighted by atomic mass is 32.2. The van der Waals surface area contributed by atoms with Gasteiger partial charge in [0.05, 0.1) is 16.9 Å². The van der Waals surface area contributed by atoms with Gasteiger partial charge in [0.2, 0.25) is 5.91 Å². The molecular weight excluding hydrogens is 389 g/mol. The molecule has 28 heavy (non-hydrogen) atoms. The minimum absolute atomic E-state index is 0.0269. The minimum Gasteiger partial charge on any atom is -0.353 e. The van der Waals surface area contributed by atoms with E-state index in [0.717, 1.165) is 12.1 Å². The first-order valence-electron chi connectivity index (χ1n) is 8.62. The zero-order chi connectivity index (χ0) is 20.7. The van der Waals surface area contributed by atoms with Crippen LogP contribution in [0.15, 0.2) is 53.4 Å². The second-order valence-electron chi connectivity index (χ2n) is 6.39. The van der Waals surface area contributed by atoms with Gasteiger partial charge in [-0.05, 0) is 43.7 Å². The molecule has 150 valence electrons. The summed E-state index contributed by atoms with van der Waals surface area (Å²) >= 11 is 1.23. The zero-order valence-electron chi connectivity index (χ0n) is 15.5. The first-order valence-corrected chi connectivity index (χ1v) is 9.61. The molecule has 2 rings (SSSR count). The summed E-state index contributed by atoms with van der Waals surface area (Å²) in [6.07, 6.45) is -4.43. The summed E-state index contributed by atoms with van der Waals surface area (Å²) in [6, 6.07) is 11.6. The quantitative estimate of drug-likeness (QED) is 0.671. The van der Waals surface area contributed by atoms with Crippen molar-refractivity contribution in [1.29, 1.82) is 0 Å². The summed E-state index contributed by atoms with van der Waals surface area (Å²) in [5.74, 6) is -0.389. The van der Waals surface area contributed by atoms with E-state index < -0.39 is 17.6 Å². The molecule has 0 heterocycles. The summed E-state index contributed by atoms with van der Waals surface area (Å²) in [6.45, 7) is 3.69. The van der Waals surface area contributed by atoms with Gasteiger partial charge in [0.15, 0.2) is 0 Å². The summed E-state index contributed by atoms with van der Waals surface area (Å²) < 4.78 is 38.4. The van der Waals surface area contributed by atoms with Crippen molar-refractivity contribution in [2.45, 2.75) is 37.5 Å². The number of rotatable bonds is 7. The molecule has 0 fully saturated rings. The zero-order valence-corrected chi connectivity index (χ0v) is 16.3. The van der Waals surface area contributed by atoms with Crippen molar-refractivity contribution in [3.8, 4) is 0 Å². The predicted octanol–water partition coefficient (Wildman–Crippen LogP) is 4.25. The number of hydrogen-bond acceptors (Lipinski definition) is 3. The van der Waals surface area contributed by atoms with Crippen molar-refractivity contribution in [3.63, 3.8) is 0 Å². The van der Waals surface area contributed by atoms with E-state index in [2.05, 4.69) is 10.6 Å². The van der Waals surface area contributed by atoms with Gasteiger partial charge in [-0.25, -0.2) is 0 Å². The van der Waals surface area contributed by atoms with E-state index in [1.807, 2.05) is 13.8 Å². The lowest BCUT2D eigenvalue weighted by atomic mass is 10.1. The lowest BCUT2D eigenvalue weighted by Crippen LogP contribution is -2.31. The molecule has 0 radical (unpaired) electrons. The van der Waals surface area contributed by atoms with Gasteiger partial charge in [0.25, 0.3) is 5.91 Å². The number of carbonyl (C=O) groups excluding carboxylic acids is 2. The summed E-state index contributed by atoms with van der Waals surface area (Å²) in [7, 11) is 0. The molecule has 0 aliphatic carbocycles. The highest BCUT2D eigenvalue weighted by Gasteiger charge is 2.30. The number of thioether (sulfide) groups is 1. The smallest absolute Gasteiger partial charge is 0.353 e. The molecule has 2 aromatic rings. The molecule has 0 saturated carbocycles. The molecule has 0 aromatic heterocycles. The minimum atomic E-state index is -4.43. The van der Waals surface area contributed by atoms with E-state index in [4.69, 9.17) is 0 Å². The van der Waals surface area contributed by atoms with Crippen LogP contribution in [0, 0.1) is 0 Å². The van der Waals surface area contributed by atoms with E-state index in [1.54, 1.807) is 24.3 Å². The molecule has 4 nitrogen and oxygen atoms in total. The second-order valence-corrected chi connectivity index (χ2v) is 7.41. The van der Waals surface area contributed by atoms with Crippen molar-refractivity contribution in [2.24, 2.45) is 0 Å². The van der Waals surface area contributed by atoms with Crippen molar-refractivity contribution < 1.29 is 22.8 Å². The Morgan fingerprint density at radius 3 is 2.46 bits per heavy atom. The standard InChI is InChI=1S/C20H21F3N2O2S/c1-13(2)25-18(26)12-28-17-9-4-3-8-16(17)19(27)24-11-14-6-5-7-15(10-14)20(21,22)23/h3-10,13H,11-12H2,1-2H3,(H,24,27)(H,25,26). The molecular formula is C20H21F3N2O2S. The number of carbonyl (C=O) groups is 2. The van der Waals surface area contributed by atoms with Crippen molar-refractivity contribution >= 4 is 23.6 Å². The fourth-order valence-corrected chi connectivity index (χ4v) is 3.28. The van der Waals surface area contributed by atoms with Gasteiger partial charge >= 0.3 is 6.18 Å². The second kappa shape index (κ2) is 9.64. The lowest BCUT2D eigenvalue weighted by Gasteiger charge is -2.12. The average molecular weight is 410 g/mol. The van der Waals surface area contributed by atoms with Crippen molar-refractivity contribution in [1.82, 2.24) is 10.6 Å². The summed E-state index contributed by atoms with van der Waals surface area (Å²) in [5.41, 5.74) is -0.0344. The molecule has 0 aliphatic heterocycles. The molecule has 2 aromatic carbocycles. The van der Waals surface area contributed by atoms with Gasteiger partial charge in [-0.15, -0.1) is 11.8 Å². The van der Waals surface area contributed by atoms with Crippen LogP contribution in [-0.4, -0.2) is 23.6 Å². The Kier molecular flexibility index (Phi) is 7.51. The molecule has 0 spiro atoms. The van der Waals surface area contributed by atoms with Crippen LogP contribution in [0.4, 0.5) is 13.2 Å². The summed E-state index contributed by atoms with van der Waals surface area (Å²) in [5, 5.41) is 5.41. The highest BCUT2D eigenvalue weighted by Crippen LogP contribution is 2.29. The Hall–Kier alpha value is -2.48. The topological polar surface area (TPSA) is 58.2 Å². The Balaban J connectivity index is 2.02.